The quantitative estimate of drug-likeness (QED) is 0.837. The van der Waals surface area contributed by atoms with E-state index >= 15 is 0 Å². The van der Waals surface area contributed by atoms with Gasteiger partial charge in [-0.15, -0.1) is 0 Å². The summed E-state index contributed by atoms with van der Waals surface area (Å²) < 4.78 is 5.07. The number of ether oxygens (including phenoxy) is 1. The molecule has 0 bridgehead atoms. The number of rotatable bonds is 4. The van der Waals surface area contributed by atoms with E-state index in [4.69, 9.17) is 15.1 Å². The summed E-state index contributed by atoms with van der Waals surface area (Å²) >= 11 is 0. The fourth-order valence-electron chi connectivity index (χ4n) is 1.63. The molecule has 0 aliphatic heterocycles. The van der Waals surface area contributed by atoms with Crippen molar-refractivity contribution < 1.29 is 14.6 Å². The molecule has 1 aromatic rings. The summed E-state index contributed by atoms with van der Waals surface area (Å²) in [4.78, 5) is 10.7. The highest BCUT2D eigenvalue weighted by Gasteiger charge is 2.15. The predicted octanol–water partition coefficient (Wildman–Crippen LogP) is 1.76. The second-order valence-electron chi connectivity index (χ2n) is 3.32. The summed E-state index contributed by atoms with van der Waals surface area (Å²) in [6.07, 6.45) is 0.499. The number of carboxylic acids is 1. The zero-order valence-corrected chi connectivity index (χ0v) is 9.28. The molecule has 4 nitrogen and oxygen atoms in total. The van der Waals surface area contributed by atoms with Crippen LogP contribution < -0.4 is 4.74 Å². The number of nitriles is 1. The molecule has 1 aromatic carbocycles. The molecule has 0 aliphatic rings. The number of carbonyl (C=O) groups is 1. The van der Waals surface area contributed by atoms with Crippen molar-refractivity contribution >= 4 is 5.97 Å². The van der Waals surface area contributed by atoms with Crippen LogP contribution in [0.25, 0.3) is 0 Å². The summed E-state index contributed by atoms with van der Waals surface area (Å²) in [5, 5.41) is 17.9. The van der Waals surface area contributed by atoms with Gasteiger partial charge in [-0.3, -0.25) is 4.79 Å². The van der Waals surface area contributed by atoms with Gasteiger partial charge in [0, 0.05) is 5.56 Å². The van der Waals surface area contributed by atoms with Gasteiger partial charge in [0.2, 0.25) is 0 Å². The van der Waals surface area contributed by atoms with Crippen LogP contribution in [0.1, 0.15) is 23.6 Å². The number of methoxy groups -OCH3 is 1. The lowest BCUT2D eigenvalue weighted by molar-refractivity contribution is -0.136. The largest absolute Gasteiger partial charge is 0.496 e. The van der Waals surface area contributed by atoms with Crippen LogP contribution in [0, 0.1) is 11.3 Å². The van der Waals surface area contributed by atoms with Crippen molar-refractivity contribution in [2.24, 2.45) is 0 Å². The molecular weight excluding hydrogens is 206 g/mol. The highest BCUT2D eigenvalue weighted by atomic mass is 16.5. The van der Waals surface area contributed by atoms with Gasteiger partial charge >= 0.3 is 5.97 Å². The molecule has 16 heavy (non-hydrogen) atoms. The number of benzene rings is 1. The molecule has 0 aliphatic carbocycles. The molecule has 0 fully saturated rings. The van der Waals surface area contributed by atoms with E-state index in [0.29, 0.717) is 23.3 Å². The molecule has 0 saturated carbocycles. The Hall–Kier alpha value is -2.02. The van der Waals surface area contributed by atoms with E-state index in [9.17, 15) is 4.79 Å². The van der Waals surface area contributed by atoms with E-state index in [-0.39, 0.29) is 6.42 Å². The number of aryl methyl sites for hydroxylation is 1. The fourth-order valence-corrected chi connectivity index (χ4v) is 1.63. The maximum atomic E-state index is 10.7. The molecule has 0 amide bonds. The molecule has 1 rings (SSSR count). The molecule has 0 aromatic heterocycles. The smallest absolute Gasteiger partial charge is 0.308 e. The zero-order valence-electron chi connectivity index (χ0n) is 9.28. The standard InChI is InChI=1S/C12H13NO3/c1-3-8-4-5-11(16-2)9(6-12(14)15)10(8)7-13/h4-5H,3,6H2,1-2H3,(H,14,15). The van der Waals surface area contributed by atoms with E-state index in [2.05, 4.69) is 6.07 Å². The van der Waals surface area contributed by atoms with Gasteiger partial charge in [-0.25, -0.2) is 0 Å². The predicted molar refractivity (Wildman–Crippen MR) is 58.4 cm³/mol. The lowest BCUT2D eigenvalue weighted by Gasteiger charge is -2.11. The fraction of sp³-hybridized carbons (Fsp3) is 0.333. The van der Waals surface area contributed by atoms with Gasteiger partial charge in [0.1, 0.15) is 5.75 Å². The maximum absolute atomic E-state index is 10.7. The van der Waals surface area contributed by atoms with Gasteiger partial charge in [-0.1, -0.05) is 13.0 Å². The second kappa shape index (κ2) is 5.17. The van der Waals surface area contributed by atoms with Gasteiger partial charge in [-0.05, 0) is 18.1 Å². The van der Waals surface area contributed by atoms with Crippen molar-refractivity contribution in [1.29, 1.82) is 5.26 Å². The minimum atomic E-state index is -0.969. The lowest BCUT2D eigenvalue weighted by Crippen LogP contribution is -2.06. The summed E-state index contributed by atoms with van der Waals surface area (Å²) in [6.45, 7) is 1.92. The second-order valence-corrected chi connectivity index (χ2v) is 3.32. The first kappa shape index (κ1) is 12.1. The highest BCUT2D eigenvalue weighted by Crippen LogP contribution is 2.26. The highest BCUT2D eigenvalue weighted by molar-refractivity contribution is 5.73. The van der Waals surface area contributed by atoms with E-state index in [1.165, 1.54) is 7.11 Å². The Kier molecular flexibility index (Phi) is 3.90. The number of hydrogen-bond donors (Lipinski definition) is 1. The topological polar surface area (TPSA) is 70.3 Å². The van der Waals surface area contributed by atoms with E-state index in [1.807, 2.05) is 6.92 Å². The average Bonchev–Trinajstić information content (AvgIpc) is 2.27. The van der Waals surface area contributed by atoms with Crippen LogP contribution in [-0.4, -0.2) is 18.2 Å². The van der Waals surface area contributed by atoms with Crippen LogP contribution in [-0.2, 0) is 17.6 Å². The Balaban J connectivity index is 3.38. The Bertz CT molecular complexity index is 446. The molecule has 0 heterocycles. The van der Waals surface area contributed by atoms with Crippen molar-refractivity contribution in [2.75, 3.05) is 7.11 Å². The maximum Gasteiger partial charge on any atom is 0.308 e. The van der Waals surface area contributed by atoms with E-state index in [1.54, 1.807) is 12.1 Å². The molecule has 0 radical (unpaired) electrons. The molecule has 84 valence electrons. The molecule has 0 spiro atoms. The summed E-state index contributed by atoms with van der Waals surface area (Å²) in [5.41, 5.74) is 1.72. The monoisotopic (exact) mass is 219 g/mol. The third-order valence-electron chi connectivity index (χ3n) is 2.40. The summed E-state index contributed by atoms with van der Waals surface area (Å²) in [6, 6.07) is 5.55. The number of hydrogen-bond acceptors (Lipinski definition) is 3. The number of aliphatic carboxylic acids is 1. The third-order valence-corrected chi connectivity index (χ3v) is 2.40. The molecule has 0 unspecified atom stereocenters. The van der Waals surface area contributed by atoms with Gasteiger partial charge < -0.3 is 9.84 Å². The van der Waals surface area contributed by atoms with Crippen LogP contribution in [0.4, 0.5) is 0 Å². The van der Waals surface area contributed by atoms with Gasteiger partial charge in [0.05, 0.1) is 25.2 Å². The van der Waals surface area contributed by atoms with E-state index < -0.39 is 5.97 Å². The minimum Gasteiger partial charge on any atom is -0.496 e. The Labute approximate surface area is 94.1 Å². The van der Waals surface area contributed by atoms with Crippen molar-refractivity contribution in [3.63, 3.8) is 0 Å². The van der Waals surface area contributed by atoms with Crippen molar-refractivity contribution in [1.82, 2.24) is 0 Å². The van der Waals surface area contributed by atoms with Crippen molar-refractivity contribution in [2.45, 2.75) is 19.8 Å². The molecule has 1 N–H and O–H groups in total. The Morgan fingerprint density at radius 3 is 2.69 bits per heavy atom. The Morgan fingerprint density at radius 1 is 1.56 bits per heavy atom. The lowest BCUT2D eigenvalue weighted by atomic mass is 9.97. The average molecular weight is 219 g/mol. The van der Waals surface area contributed by atoms with E-state index in [0.717, 1.165) is 5.56 Å². The van der Waals surface area contributed by atoms with Crippen molar-refractivity contribution in [3.05, 3.63) is 28.8 Å². The van der Waals surface area contributed by atoms with Crippen molar-refractivity contribution in [3.8, 4) is 11.8 Å². The normalized spacial score (nSPS) is 9.56. The first-order valence-corrected chi connectivity index (χ1v) is 4.94. The molecule has 4 heteroatoms. The minimum absolute atomic E-state index is 0.195. The molecule has 0 atom stereocenters. The first-order valence-electron chi connectivity index (χ1n) is 4.94. The van der Waals surface area contributed by atoms with Crippen LogP contribution in [0.15, 0.2) is 12.1 Å². The zero-order chi connectivity index (χ0) is 12.1. The third kappa shape index (κ3) is 2.31. The first-order chi connectivity index (χ1) is 7.63. The molecular formula is C12H13NO3. The van der Waals surface area contributed by atoms with Gasteiger partial charge in [0.15, 0.2) is 0 Å². The van der Waals surface area contributed by atoms with Crippen LogP contribution in [0.2, 0.25) is 0 Å². The summed E-state index contributed by atoms with van der Waals surface area (Å²) in [5.74, 6) is -0.515. The number of nitrogens with zero attached hydrogens (tertiary/aromatic N) is 1. The van der Waals surface area contributed by atoms with Gasteiger partial charge in [0.25, 0.3) is 0 Å². The summed E-state index contributed by atoms with van der Waals surface area (Å²) in [7, 11) is 1.47. The molecule has 0 saturated heterocycles. The SMILES string of the molecule is CCc1ccc(OC)c(CC(=O)O)c1C#N. The van der Waals surface area contributed by atoms with Gasteiger partial charge in [-0.2, -0.15) is 5.26 Å². The van der Waals surface area contributed by atoms with Crippen LogP contribution in [0.5, 0.6) is 5.75 Å². The van der Waals surface area contributed by atoms with Crippen LogP contribution in [0.3, 0.4) is 0 Å². The Morgan fingerprint density at radius 2 is 2.25 bits per heavy atom. The number of carboxylic acid groups (broad SMARTS) is 1. The van der Waals surface area contributed by atoms with Crippen LogP contribution >= 0.6 is 0 Å².